The van der Waals surface area contributed by atoms with Gasteiger partial charge < -0.3 is 70.6 Å². The van der Waals surface area contributed by atoms with Crippen LogP contribution in [0.2, 0.25) is 40.2 Å². The fourth-order valence-corrected chi connectivity index (χ4v) is 20.2. The van der Waals surface area contributed by atoms with Crippen molar-refractivity contribution in [2.75, 3.05) is 80.7 Å². The molecule has 9 N–H and O–H groups in total. The Morgan fingerprint density at radius 1 is 0.341 bits per heavy atom. The number of halogens is 12. The Hall–Kier alpha value is -11.1. The lowest BCUT2D eigenvalue weighted by Crippen LogP contribution is -2.32. The fraction of sp³-hybridized carbons (Fsp3) is 0.287. The van der Waals surface area contributed by atoms with Crippen molar-refractivity contribution in [3.05, 3.63) is 292 Å². The van der Waals surface area contributed by atoms with Crippen molar-refractivity contribution in [1.29, 1.82) is 0 Å². The van der Waals surface area contributed by atoms with Gasteiger partial charge in [-0.25, -0.2) is 37.5 Å². The summed E-state index contributed by atoms with van der Waals surface area (Å²) in [5.74, 6) is 1.83. The minimum atomic E-state index is -0.883. The van der Waals surface area contributed by atoms with Crippen LogP contribution in [0.3, 0.4) is 0 Å². The zero-order valence-electron chi connectivity index (χ0n) is 73.7. The molecule has 4 atom stereocenters. The highest BCUT2D eigenvalue weighted by molar-refractivity contribution is 6.41. The van der Waals surface area contributed by atoms with E-state index in [1.54, 1.807) is 42.9 Å². The summed E-state index contributed by atoms with van der Waals surface area (Å²) < 4.78 is 68.2. The topological polar surface area (TPSA) is 249 Å². The Kier molecular flexibility index (Phi) is 31.7. The van der Waals surface area contributed by atoms with Gasteiger partial charge in [0.05, 0.1) is 70.1 Å². The van der Waals surface area contributed by atoms with E-state index in [-0.39, 0.29) is 23.9 Å². The number of phenolic OH excluding ortho intramolecular Hbond substituents is 1. The van der Waals surface area contributed by atoms with Gasteiger partial charge in [0.1, 0.15) is 34.2 Å². The highest BCUT2D eigenvalue weighted by Gasteiger charge is 2.29. The molecule has 0 radical (unpaired) electrons. The van der Waals surface area contributed by atoms with Crippen molar-refractivity contribution in [1.82, 2.24) is 79.4 Å². The van der Waals surface area contributed by atoms with E-state index < -0.39 is 17.5 Å². The molecule has 8 aromatic carbocycles. The predicted molar refractivity (Wildman–Crippen MR) is 537 cm³/mol. The van der Waals surface area contributed by atoms with Gasteiger partial charge in [0.2, 0.25) is 23.8 Å². The quantitative estimate of drug-likeness (QED) is 0.0241. The molecule has 16 aromatic rings. The lowest BCUT2D eigenvalue weighted by Gasteiger charge is -2.24. The second-order valence-corrected chi connectivity index (χ2v) is 37.4. The zero-order valence-corrected chi connectivity index (χ0v) is 79.7. The van der Waals surface area contributed by atoms with Gasteiger partial charge in [-0.1, -0.05) is 153 Å². The molecule has 0 aliphatic carbocycles. The molecule has 0 saturated carbocycles. The van der Waals surface area contributed by atoms with E-state index in [0.29, 0.717) is 113 Å². The van der Waals surface area contributed by atoms with Crippen molar-refractivity contribution in [2.24, 2.45) is 23.7 Å². The van der Waals surface area contributed by atoms with Crippen LogP contribution in [-0.4, -0.2) is 123 Å². The minimum absolute atomic E-state index is 0.215. The molecule has 4 aliphatic rings. The molecule has 4 aliphatic heterocycles. The van der Waals surface area contributed by atoms with Crippen LogP contribution >= 0.6 is 92.8 Å². The number of aromatic hydroxyl groups is 1. The first kappa shape index (κ1) is 95.6. The van der Waals surface area contributed by atoms with Crippen LogP contribution in [0.25, 0.3) is 89.2 Å². The third kappa shape index (κ3) is 23.4. The second kappa shape index (κ2) is 44.8. The lowest BCUT2D eigenvalue weighted by atomic mass is 9.99. The van der Waals surface area contributed by atoms with Crippen molar-refractivity contribution in [3.63, 3.8) is 0 Å². The number of nitrogens with one attached hydrogen (secondary N) is 8. The Morgan fingerprint density at radius 2 is 0.630 bits per heavy atom. The molecule has 0 spiro atoms. The molecule has 0 unspecified atom stereocenters. The molecule has 34 heteroatoms. The summed E-state index contributed by atoms with van der Waals surface area (Å²) in [6, 6.07) is 52.6. The predicted octanol–water partition coefficient (Wildman–Crippen LogP) is 24.3. The molecular formula is C101H98Cl8F4N20O2. The van der Waals surface area contributed by atoms with Crippen molar-refractivity contribution in [2.45, 2.75) is 104 Å². The second-order valence-electron chi connectivity index (χ2n) is 34.1. The van der Waals surface area contributed by atoms with Crippen LogP contribution in [0, 0.1) is 46.9 Å². The molecule has 4 fully saturated rings. The summed E-state index contributed by atoms with van der Waals surface area (Å²) in [7, 11) is 1.45. The van der Waals surface area contributed by atoms with Gasteiger partial charge in [-0.3, -0.25) is 0 Å². The van der Waals surface area contributed by atoms with E-state index in [1.807, 2.05) is 115 Å². The third-order valence-corrected chi connectivity index (χ3v) is 27.1. The summed E-state index contributed by atoms with van der Waals surface area (Å²) in [5.41, 5.74) is 13.3. The molecule has 0 bridgehead atoms. The normalized spacial score (nSPS) is 16.2. The average Bonchev–Trinajstić information content (AvgIpc) is 1.63. The molecule has 0 amide bonds. The standard InChI is InChI=1S/C26H26Cl2FN5O.C25H23Cl2F2N5.C25H24Cl2FN5.C25H25Cl2N5O/c1-35-23-8-7-16(10-21(23)29)13-31-26-32-14-18-11-22(24-19(27)5-2-6-20(24)28)34(25(18)33-26)15-17-4-3-9-30-12-17;26-18-4-1-5-19(27)23(18)22-10-17-13-32-25(31-12-15-6-7-20(28)21(29)9-15)33-24(17)34(22)14-16-3-2-8-30-11-16;26-20-7-2-8-21(27)23(20)22-11-18-14-31-25(30-13-16-4-1-6-19(28)10-16)32-24(18)33(22)15-17-5-3-9-29-12-17;26-20-4-1-5-21(27)23(20)22-11-18-14-30-25(29-13-16-6-8-19(33)9-7-16)31-24(18)32(22)15-17-3-2-10-28-12-17/h2,5-8,10-11,14,17,30H,3-4,9,12-13,15H2,1H3,(H,31,32,33);1,4-7,9-10,13,16,30H,2-3,8,11-12,14H2,(H,31,32,33);1-2,4,6-8,10-11,14,17,29H,3,5,9,12-13,15H2,(H,30,31,32);1,4-9,11,14,17,28,33H,2-3,10,12-13,15H2,(H,29,30,31)/t17-;16-;2*17-/m1111/s1. The number of phenols is 1. The Morgan fingerprint density at radius 3 is 0.919 bits per heavy atom. The Bertz CT molecular complexity index is 6780. The van der Waals surface area contributed by atoms with E-state index >= 15 is 0 Å². The van der Waals surface area contributed by atoms with Gasteiger partial charge in [-0.15, -0.1) is 0 Å². The first-order valence-corrected chi connectivity index (χ1v) is 48.0. The van der Waals surface area contributed by atoms with E-state index in [9.17, 15) is 22.7 Å². The van der Waals surface area contributed by atoms with E-state index in [1.165, 1.54) is 44.2 Å². The SMILES string of the molecule is COc1ccc(CNc2ncc3cc(-c4c(Cl)cccc4Cl)n(C[C@@H]4CCCNC4)c3n2)cc1F.Fc1ccc(CNc2ncc3cc(-c4c(Cl)cccc4Cl)n(C[C@@H]4CCCNC4)c3n2)cc1F.Fc1cccc(CNc2ncc3cc(-c4c(Cl)cccc4Cl)n(C[C@@H]4CCCNC4)c3n2)c1.Oc1ccc(CNc2ncc3cc(-c4c(Cl)cccc4Cl)n(C[C@@H]4CCCNC4)c3n2)cc1. The smallest absolute Gasteiger partial charge is 0.224 e. The average molecular weight is 1980 g/mol. The zero-order chi connectivity index (χ0) is 93.6. The largest absolute Gasteiger partial charge is 0.508 e. The van der Waals surface area contributed by atoms with Crippen LogP contribution in [0.15, 0.2) is 207 Å². The number of piperidine rings is 4. The number of hydrogen-bond donors (Lipinski definition) is 9. The maximum atomic E-state index is 14.1. The number of aromatic nitrogens is 12. The number of benzene rings is 8. The molecule has 22 nitrogen and oxygen atoms in total. The number of ether oxygens (including phenoxy) is 1. The molecular weight excluding hydrogens is 1880 g/mol. The number of nitrogens with zero attached hydrogens (tertiary/aromatic N) is 12. The fourth-order valence-electron chi connectivity index (χ4n) is 17.8. The number of rotatable bonds is 25. The van der Waals surface area contributed by atoms with Crippen molar-refractivity contribution in [3.8, 4) is 56.5 Å². The third-order valence-electron chi connectivity index (χ3n) is 24.6. The molecule has 20 rings (SSSR count). The lowest BCUT2D eigenvalue weighted by molar-refractivity contribution is 0.341. The summed E-state index contributed by atoms with van der Waals surface area (Å²) in [6.45, 7) is 12.8. The van der Waals surface area contributed by atoms with Crippen LogP contribution < -0.4 is 47.3 Å². The molecule has 8 aromatic heterocycles. The molecule has 12 heterocycles. The van der Waals surface area contributed by atoms with Crippen molar-refractivity contribution < 1.29 is 27.4 Å². The highest BCUT2D eigenvalue weighted by Crippen LogP contribution is 2.44. The van der Waals surface area contributed by atoms with Crippen LogP contribution in [0.5, 0.6) is 11.5 Å². The molecule has 135 heavy (non-hydrogen) atoms. The number of anilines is 4. The van der Waals surface area contributed by atoms with E-state index in [2.05, 4.69) is 92.9 Å². The van der Waals surface area contributed by atoms with Crippen molar-refractivity contribution >= 4 is 161 Å². The maximum absolute atomic E-state index is 14.1. The van der Waals surface area contributed by atoms with Crippen LogP contribution in [0.4, 0.5) is 41.4 Å². The van der Waals surface area contributed by atoms with Gasteiger partial charge in [-0.05, 0) is 271 Å². The van der Waals surface area contributed by atoms with Gasteiger partial charge in [0.15, 0.2) is 23.2 Å². The van der Waals surface area contributed by atoms with Gasteiger partial charge in [0.25, 0.3) is 0 Å². The van der Waals surface area contributed by atoms with E-state index in [0.717, 1.165) is 235 Å². The number of methoxy groups -OCH3 is 1. The summed E-state index contributed by atoms with van der Waals surface area (Å²) in [5, 5.41) is 44.7. The van der Waals surface area contributed by atoms with E-state index in [4.69, 9.17) is 117 Å². The Labute approximate surface area is 818 Å². The maximum Gasteiger partial charge on any atom is 0.224 e. The summed E-state index contributed by atoms with van der Waals surface area (Å²) >= 11 is 52.6. The number of hydrogen-bond acceptors (Lipinski definition) is 18. The van der Waals surface area contributed by atoms with Gasteiger partial charge in [0, 0.05) is 121 Å². The first-order valence-electron chi connectivity index (χ1n) is 45.0. The minimum Gasteiger partial charge on any atom is -0.508 e. The summed E-state index contributed by atoms with van der Waals surface area (Å²) in [6.07, 6.45) is 16.4. The highest BCUT2D eigenvalue weighted by atomic mass is 35.5. The number of fused-ring (bicyclic) bond motifs is 4. The van der Waals surface area contributed by atoms with Crippen LogP contribution in [0.1, 0.15) is 73.6 Å². The summed E-state index contributed by atoms with van der Waals surface area (Å²) in [4.78, 5) is 37.2. The van der Waals surface area contributed by atoms with Gasteiger partial charge >= 0.3 is 0 Å². The Balaban J connectivity index is 0.000000125. The molecule has 698 valence electrons. The molecule has 4 saturated heterocycles. The monoisotopic (exact) mass is 1980 g/mol. The van der Waals surface area contributed by atoms with Crippen LogP contribution in [-0.2, 0) is 52.4 Å². The van der Waals surface area contributed by atoms with Gasteiger partial charge in [-0.2, -0.15) is 19.9 Å². The first-order chi connectivity index (χ1) is 65.7.